The summed E-state index contributed by atoms with van der Waals surface area (Å²) in [5.41, 5.74) is -0.0244. The minimum absolute atomic E-state index is 0.0714. The zero-order chi connectivity index (χ0) is 15.6. The molecular weight excluding hydrogens is 294 g/mol. The fourth-order valence-corrected chi connectivity index (χ4v) is 2.65. The standard InChI is InChI=1S/C13H13N3O4S/c1-8-10(5-2-6-11(8)21(14,19)20)16-13(18)9-4-3-7-15-12(9)17/h2-7H,1H3,(H,15,17)(H,16,18)(H2,14,19,20). The molecular formula is C13H13N3O4S. The Balaban J connectivity index is 2.40. The number of aromatic nitrogens is 1. The van der Waals surface area contributed by atoms with Crippen molar-refractivity contribution in [2.24, 2.45) is 5.14 Å². The first-order valence-corrected chi connectivity index (χ1v) is 7.47. The number of sulfonamides is 1. The van der Waals surface area contributed by atoms with Gasteiger partial charge >= 0.3 is 0 Å². The van der Waals surface area contributed by atoms with Crippen molar-refractivity contribution in [3.8, 4) is 0 Å². The van der Waals surface area contributed by atoms with E-state index in [1.165, 1.54) is 43.5 Å². The first-order valence-electron chi connectivity index (χ1n) is 5.92. The van der Waals surface area contributed by atoms with Crippen LogP contribution < -0.4 is 16.0 Å². The predicted molar refractivity (Wildman–Crippen MR) is 77.6 cm³/mol. The number of benzene rings is 1. The van der Waals surface area contributed by atoms with Gasteiger partial charge in [-0.3, -0.25) is 9.59 Å². The molecule has 0 saturated carbocycles. The smallest absolute Gasteiger partial charge is 0.261 e. The highest BCUT2D eigenvalue weighted by Gasteiger charge is 2.16. The van der Waals surface area contributed by atoms with E-state index in [-0.39, 0.29) is 16.1 Å². The second kappa shape index (κ2) is 5.51. The molecule has 110 valence electrons. The molecule has 8 heteroatoms. The number of aromatic amines is 1. The second-order valence-corrected chi connectivity index (χ2v) is 5.87. The molecule has 0 saturated heterocycles. The van der Waals surface area contributed by atoms with Gasteiger partial charge in [-0.2, -0.15) is 0 Å². The highest BCUT2D eigenvalue weighted by atomic mass is 32.2. The molecule has 1 aromatic heterocycles. The lowest BCUT2D eigenvalue weighted by molar-refractivity contribution is 0.102. The van der Waals surface area contributed by atoms with E-state index in [0.29, 0.717) is 5.56 Å². The summed E-state index contributed by atoms with van der Waals surface area (Å²) in [4.78, 5) is 25.9. The third-order valence-corrected chi connectivity index (χ3v) is 3.96. The molecule has 0 atom stereocenters. The van der Waals surface area contributed by atoms with E-state index in [1.807, 2.05) is 0 Å². The van der Waals surface area contributed by atoms with Crippen LogP contribution in [0.5, 0.6) is 0 Å². The summed E-state index contributed by atoms with van der Waals surface area (Å²) in [7, 11) is -3.88. The SMILES string of the molecule is Cc1c(NC(=O)c2ccc[nH]c2=O)cccc1S(N)(=O)=O. The number of carbonyl (C=O) groups excluding carboxylic acids is 1. The Labute approximate surface area is 120 Å². The number of carbonyl (C=O) groups is 1. The van der Waals surface area contributed by atoms with Gasteiger partial charge < -0.3 is 10.3 Å². The summed E-state index contributed by atoms with van der Waals surface area (Å²) >= 11 is 0. The molecule has 7 nitrogen and oxygen atoms in total. The normalized spacial score (nSPS) is 11.1. The molecule has 0 radical (unpaired) electrons. The van der Waals surface area contributed by atoms with Crippen molar-refractivity contribution in [2.75, 3.05) is 5.32 Å². The molecule has 4 N–H and O–H groups in total. The Hall–Kier alpha value is -2.45. The summed E-state index contributed by atoms with van der Waals surface area (Å²) in [5, 5.41) is 7.60. The van der Waals surface area contributed by atoms with E-state index >= 15 is 0 Å². The number of hydrogen-bond donors (Lipinski definition) is 3. The van der Waals surface area contributed by atoms with Gasteiger partial charge in [-0.25, -0.2) is 13.6 Å². The van der Waals surface area contributed by atoms with Gasteiger partial charge in [0.15, 0.2) is 0 Å². The Morgan fingerprint density at radius 3 is 2.57 bits per heavy atom. The van der Waals surface area contributed by atoms with Gasteiger partial charge in [-0.1, -0.05) is 6.07 Å². The lowest BCUT2D eigenvalue weighted by Crippen LogP contribution is -2.23. The van der Waals surface area contributed by atoms with Crippen LogP contribution in [0, 0.1) is 6.92 Å². The maximum atomic E-state index is 12.0. The van der Waals surface area contributed by atoms with Crippen molar-refractivity contribution in [2.45, 2.75) is 11.8 Å². The van der Waals surface area contributed by atoms with E-state index in [2.05, 4.69) is 10.3 Å². The summed E-state index contributed by atoms with van der Waals surface area (Å²) in [6.07, 6.45) is 1.41. The van der Waals surface area contributed by atoms with Gasteiger partial charge in [-0.05, 0) is 36.8 Å². The van der Waals surface area contributed by atoms with Crippen LogP contribution in [-0.4, -0.2) is 19.3 Å². The number of nitrogens with one attached hydrogen (secondary N) is 2. The van der Waals surface area contributed by atoms with Crippen molar-refractivity contribution < 1.29 is 13.2 Å². The van der Waals surface area contributed by atoms with E-state index in [0.717, 1.165) is 0 Å². The zero-order valence-corrected chi connectivity index (χ0v) is 11.9. The first kappa shape index (κ1) is 14.9. The van der Waals surface area contributed by atoms with E-state index in [9.17, 15) is 18.0 Å². The van der Waals surface area contributed by atoms with Gasteiger partial charge in [0.25, 0.3) is 11.5 Å². The molecule has 0 aliphatic carbocycles. The number of primary sulfonamides is 1. The van der Waals surface area contributed by atoms with Crippen LogP contribution in [0.1, 0.15) is 15.9 Å². The number of anilines is 1. The van der Waals surface area contributed by atoms with E-state index in [4.69, 9.17) is 5.14 Å². The molecule has 1 heterocycles. The van der Waals surface area contributed by atoms with Crippen LogP contribution in [0.4, 0.5) is 5.69 Å². The van der Waals surface area contributed by atoms with Crippen LogP contribution in [-0.2, 0) is 10.0 Å². The second-order valence-electron chi connectivity index (χ2n) is 4.34. The lowest BCUT2D eigenvalue weighted by atomic mass is 10.2. The molecule has 0 fully saturated rings. The molecule has 0 unspecified atom stereocenters. The molecule has 0 spiro atoms. The summed E-state index contributed by atoms with van der Waals surface area (Å²) in [5.74, 6) is -0.633. The molecule has 0 bridgehead atoms. The van der Waals surface area contributed by atoms with E-state index < -0.39 is 21.5 Å². The fourth-order valence-electron chi connectivity index (χ4n) is 1.85. The third kappa shape index (κ3) is 3.18. The number of hydrogen-bond acceptors (Lipinski definition) is 4. The minimum atomic E-state index is -3.88. The predicted octanol–water partition coefficient (Wildman–Crippen LogP) is 0.583. The molecule has 0 aliphatic rings. The van der Waals surface area contributed by atoms with Crippen LogP contribution in [0.3, 0.4) is 0 Å². The van der Waals surface area contributed by atoms with Crippen molar-refractivity contribution in [1.82, 2.24) is 4.98 Å². The number of pyridine rings is 1. The van der Waals surface area contributed by atoms with Crippen molar-refractivity contribution in [3.63, 3.8) is 0 Å². The molecule has 21 heavy (non-hydrogen) atoms. The Kier molecular flexibility index (Phi) is 3.92. The Morgan fingerprint density at radius 1 is 1.24 bits per heavy atom. The maximum Gasteiger partial charge on any atom is 0.261 e. The average Bonchev–Trinajstić information content (AvgIpc) is 2.40. The van der Waals surface area contributed by atoms with Crippen LogP contribution in [0.15, 0.2) is 46.2 Å². The van der Waals surface area contributed by atoms with Crippen molar-refractivity contribution in [1.29, 1.82) is 0 Å². The van der Waals surface area contributed by atoms with Crippen LogP contribution in [0.2, 0.25) is 0 Å². The summed E-state index contributed by atoms with van der Waals surface area (Å²) < 4.78 is 22.9. The average molecular weight is 307 g/mol. The highest BCUT2D eigenvalue weighted by molar-refractivity contribution is 7.89. The molecule has 1 amide bonds. The van der Waals surface area contributed by atoms with E-state index in [1.54, 1.807) is 0 Å². The lowest BCUT2D eigenvalue weighted by Gasteiger charge is -2.11. The quantitative estimate of drug-likeness (QED) is 0.767. The minimum Gasteiger partial charge on any atom is -0.328 e. The Morgan fingerprint density at radius 2 is 1.95 bits per heavy atom. The molecule has 2 aromatic rings. The van der Waals surface area contributed by atoms with Crippen LogP contribution >= 0.6 is 0 Å². The third-order valence-electron chi connectivity index (χ3n) is 2.90. The van der Waals surface area contributed by atoms with Crippen molar-refractivity contribution >= 4 is 21.6 Å². The number of H-pyrrole nitrogens is 1. The topological polar surface area (TPSA) is 122 Å². The molecule has 2 rings (SSSR count). The maximum absolute atomic E-state index is 12.0. The van der Waals surface area contributed by atoms with Crippen molar-refractivity contribution in [3.05, 3.63) is 58.0 Å². The summed E-state index contributed by atoms with van der Waals surface area (Å²) in [6.45, 7) is 1.52. The number of rotatable bonds is 3. The largest absolute Gasteiger partial charge is 0.328 e. The number of amides is 1. The Bertz CT molecular complexity index is 856. The van der Waals surface area contributed by atoms with Gasteiger partial charge in [0.2, 0.25) is 10.0 Å². The van der Waals surface area contributed by atoms with Gasteiger partial charge in [-0.15, -0.1) is 0 Å². The monoisotopic (exact) mass is 307 g/mol. The molecule has 0 aliphatic heterocycles. The van der Waals surface area contributed by atoms with Gasteiger partial charge in [0, 0.05) is 11.9 Å². The van der Waals surface area contributed by atoms with Gasteiger partial charge in [0.05, 0.1) is 4.90 Å². The molecule has 1 aromatic carbocycles. The van der Waals surface area contributed by atoms with Gasteiger partial charge in [0.1, 0.15) is 5.56 Å². The number of nitrogens with two attached hydrogens (primary N) is 1. The highest BCUT2D eigenvalue weighted by Crippen LogP contribution is 2.22. The summed E-state index contributed by atoms with van der Waals surface area (Å²) in [6, 6.07) is 7.21. The zero-order valence-electron chi connectivity index (χ0n) is 11.1. The first-order chi connectivity index (χ1) is 9.80. The van der Waals surface area contributed by atoms with Crippen LogP contribution in [0.25, 0.3) is 0 Å². The fraction of sp³-hybridized carbons (Fsp3) is 0.0769.